The standard InChI is InChI=1S/C38H35NO4/c40-38(41)43-37-34(16-8-26-42-35-17-7-12-30-11-4-5-14-32(30)35)33-15-6-13-31(36(33)39-37)25-24-29-22-20-28(21-23-29)19-18-27-9-2-1-3-10-27/h1-7,9-15,17,20-23,39H,8,16,18-19,24-26H2,(H,40,41). The number of hydrogen-bond donors (Lipinski definition) is 2. The summed E-state index contributed by atoms with van der Waals surface area (Å²) in [5.41, 5.74) is 6.91. The molecule has 0 bridgehead atoms. The highest BCUT2D eigenvalue weighted by atomic mass is 16.7. The van der Waals surface area contributed by atoms with Crippen molar-refractivity contribution in [1.82, 2.24) is 4.98 Å². The summed E-state index contributed by atoms with van der Waals surface area (Å²) in [6.07, 6.45) is 3.79. The summed E-state index contributed by atoms with van der Waals surface area (Å²) < 4.78 is 11.4. The molecule has 6 rings (SSSR count). The Morgan fingerprint density at radius 2 is 1.26 bits per heavy atom. The lowest BCUT2D eigenvalue weighted by Crippen LogP contribution is -2.06. The van der Waals surface area contributed by atoms with E-state index < -0.39 is 6.16 Å². The van der Waals surface area contributed by atoms with Crippen LogP contribution in [-0.4, -0.2) is 22.9 Å². The number of benzene rings is 5. The maximum atomic E-state index is 11.5. The Morgan fingerprint density at radius 1 is 0.628 bits per heavy atom. The quantitative estimate of drug-likeness (QED) is 0.114. The molecule has 2 N–H and O–H groups in total. The molecule has 5 aromatic carbocycles. The van der Waals surface area contributed by atoms with Gasteiger partial charge in [-0.1, -0.05) is 109 Å². The van der Waals surface area contributed by atoms with Crippen LogP contribution in [0.1, 0.15) is 34.2 Å². The summed E-state index contributed by atoms with van der Waals surface area (Å²) in [5.74, 6) is 1.15. The lowest BCUT2D eigenvalue weighted by molar-refractivity contribution is 0.142. The maximum absolute atomic E-state index is 11.5. The molecule has 0 aliphatic heterocycles. The van der Waals surface area contributed by atoms with E-state index in [-0.39, 0.29) is 0 Å². The number of fused-ring (bicyclic) bond motifs is 2. The molecule has 5 nitrogen and oxygen atoms in total. The fraction of sp³-hybridized carbons (Fsp3) is 0.184. The minimum absolute atomic E-state index is 0.294. The van der Waals surface area contributed by atoms with Gasteiger partial charge >= 0.3 is 6.16 Å². The molecule has 0 spiro atoms. The van der Waals surface area contributed by atoms with Crippen LogP contribution in [0.2, 0.25) is 0 Å². The van der Waals surface area contributed by atoms with Crippen molar-refractivity contribution in [3.05, 3.63) is 143 Å². The highest BCUT2D eigenvalue weighted by molar-refractivity contribution is 5.89. The van der Waals surface area contributed by atoms with E-state index in [1.807, 2.05) is 36.4 Å². The summed E-state index contributed by atoms with van der Waals surface area (Å²) in [7, 11) is 0. The summed E-state index contributed by atoms with van der Waals surface area (Å²) in [5, 5.41) is 12.6. The predicted octanol–water partition coefficient (Wildman–Crippen LogP) is 8.96. The Labute approximate surface area is 251 Å². The average molecular weight is 570 g/mol. The number of aromatic amines is 1. The molecule has 0 unspecified atom stereocenters. The van der Waals surface area contributed by atoms with Crippen LogP contribution in [-0.2, 0) is 32.1 Å². The molecule has 0 saturated heterocycles. The van der Waals surface area contributed by atoms with Crippen molar-refractivity contribution in [3.63, 3.8) is 0 Å². The van der Waals surface area contributed by atoms with Crippen LogP contribution in [0.15, 0.2) is 115 Å². The number of carbonyl (C=O) groups is 1. The van der Waals surface area contributed by atoms with Gasteiger partial charge in [0, 0.05) is 16.3 Å². The van der Waals surface area contributed by atoms with E-state index >= 15 is 0 Å². The van der Waals surface area contributed by atoms with Crippen LogP contribution < -0.4 is 9.47 Å². The number of nitrogens with one attached hydrogen (secondary N) is 1. The molecule has 43 heavy (non-hydrogen) atoms. The lowest BCUT2D eigenvalue weighted by Gasteiger charge is -2.10. The molecule has 0 radical (unpaired) electrons. The van der Waals surface area contributed by atoms with Gasteiger partial charge in [0.1, 0.15) is 5.75 Å². The Bertz CT molecular complexity index is 1820. The first-order valence-corrected chi connectivity index (χ1v) is 14.9. The van der Waals surface area contributed by atoms with Gasteiger partial charge in [-0.05, 0) is 72.2 Å². The van der Waals surface area contributed by atoms with Crippen LogP contribution in [0.25, 0.3) is 21.7 Å². The Morgan fingerprint density at radius 3 is 2.02 bits per heavy atom. The molecule has 0 amide bonds. The molecule has 0 aliphatic carbocycles. The monoisotopic (exact) mass is 569 g/mol. The van der Waals surface area contributed by atoms with E-state index in [0.717, 1.165) is 64.2 Å². The lowest BCUT2D eigenvalue weighted by atomic mass is 9.99. The summed E-state index contributed by atoms with van der Waals surface area (Å²) >= 11 is 0. The summed E-state index contributed by atoms with van der Waals surface area (Å²) in [4.78, 5) is 14.8. The molecule has 0 atom stereocenters. The van der Waals surface area contributed by atoms with E-state index in [2.05, 4.69) is 83.8 Å². The van der Waals surface area contributed by atoms with Crippen LogP contribution in [0.5, 0.6) is 11.6 Å². The van der Waals surface area contributed by atoms with Gasteiger partial charge in [-0.3, -0.25) is 0 Å². The normalized spacial score (nSPS) is 11.2. The number of para-hydroxylation sites is 1. The van der Waals surface area contributed by atoms with Crippen molar-refractivity contribution >= 4 is 27.8 Å². The molecule has 1 aromatic heterocycles. The number of hydrogen-bond acceptors (Lipinski definition) is 3. The largest absolute Gasteiger partial charge is 0.512 e. The second-order valence-corrected chi connectivity index (χ2v) is 10.9. The fourth-order valence-corrected chi connectivity index (χ4v) is 5.78. The smallest absolute Gasteiger partial charge is 0.493 e. The third-order valence-corrected chi connectivity index (χ3v) is 8.01. The summed E-state index contributed by atoms with van der Waals surface area (Å²) in [6.45, 7) is 0.508. The van der Waals surface area contributed by atoms with E-state index in [1.54, 1.807) is 0 Å². The van der Waals surface area contributed by atoms with Crippen molar-refractivity contribution in [2.45, 2.75) is 38.5 Å². The van der Waals surface area contributed by atoms with Crippen LogP contribution in [0.4, 0.5) is 4.79 Å². The first-order chi connectivity index (χ1) is 21.1. The first kappa shape index (κ1) is 28.1. The minimum Gasteiger partial charge on any atom is -0.493 e. The molecule has 1 heterocycles. The van der Waals surface area contributed by atoms with Crippen molar-refractivity contribution in [2.24, 2.45) is 0 Å². The van der Waals surface area contributed by atoms with Gasteiger partial charge in [0.2, 0.25) is 5.88 Å². The zero-order valence-corrected chi connectivity index (χ0v) is 24.1. The average Bonchev–Trinajstić information content (AvgIpc) is 3.38. The molecule has 0 saturated carbocycles. The summed E-state index contributed by atoms with van der Waals surface area (Å²) in [6, 6.07) is 39.9. The Kier molecular flexibility index (Phi) is 8.69. The topological polar surface area (TPSA) is 71.5 Å². The van der Waals surface area contributed by atoms with Crippen molar-refractivity contribution in [1.29, 1.82) is 0 Å². The highest BCUT2D eigenvalue weighted by Gasteiger charge is 2.17. The van der Waals surface area contributed by atoms with Crippen molar-refractivity contribution in [2.75, 3.05) is 6.61 Å². The molecule has 0 fully saturated rings. The minimum atomic E-state index is -1.33. The molecular weight excluding hydrogens is 534 g/mol. The first-order valence-electron chi connectivity index (χ1n) is 14.9. The van der Waals surface area contributed by atoms with Gasteiger partial charge < -0.3 is 19.6 Å². The highest BCUT2D eigenvalue weighted by Crippen LogP contribution is 2.32. The van der Waals surface area contributed by atoms with Crippen molar-refractivity contribution < 1.29 is 19.4 Å². The number of aryl methyl sites for hydroxylation is 5. The third kappa shape index (κ3) is 6.90. The molecule has 216 valence electrons. The molecule has 0 aliphatic rings. The van der Waals surface area contributed by atoms with Gasteiger partial charge in [0.05, 0.1) is 12.1 Å². The number of aromatic nitrogens is 1. The third-order valence-electron chi connectivity index (χ3n) is 8.01. The second kappa shape index (κ2) is 13.3. The van der Waals surface area contributed by atoms with Crippen molar-refractivity contribution in [3.8, 4) is 11.6 Å². The van der Waals surface area contributed by atoms with E-state index in [9.17, 15) is 9.90 Å². The maximum Gasteiger partial charge on any atom is 0.512 e. The zero-order valence-electron chi connectivity index (χ0n) is 24.1. The van der Waals surface area contributed by atoms with Crippen LogP contribution in [0, 0.1) is 0 Å². The van der Waals surface area contributed by atoms with Crippen LogP contribution >= 0.6 is 0 Å². The van der Waals surface area contributed by atoms with E-state index in [1.165, 1.54) is 16.7 Å². The number of H-pyrrole nitrogens is 1. The molecule has 5 heteroatoms. The number of ether oxygens (including phenoxy) is 2. The zero-order chi connectivity index (χ0) is 29.4. The van der Waals surface area contributed by atoms with E-state index in [4.69, 9.17) is 9.47 Å². The van der Waals surface area contributed by atoms with Gasteiger partial charge in [0.25, 0.3) is 0 Å². The van der Waals surface area contributed by atoms with Gasteiger partial charge in [0.15, 0.2) is 0 Å². The van der Waals surface area contributed by atoms with Gasteiger partial charge in [-0.2, -0.15) is 0 Å². The predicted molar refractivity (Wildman–Crippen MR) is 172 cm³/mol. The molecule has 6 aromatic rings. The number of rotatable bonds is 12. The number of carboxylic acid groups (broad SMARTS) is 1. The fourth-order valence-electron chi connectivity index (χ4n) is 5.78. The molecular formula is C38H35NO4. The SMILES string of the molecule is O=C(O)Oc1[nH]c2c(CCc3ccc(CCc4ccccc4)cc3)cccc2c1CCCOc1cccc2ccccc12. The second-order valence-electron chi connectivity index (χ2n) is 10.9. The van der Waals surface area contributed by atoms with Crippen LogP contribution in [0.3, 0.4) is 0 Å². The Hall–Kier alpha value is -5.03. The van der Waals surface area contributed by atoms with Gasteiger partial charge in [-0.25, -0.2) is 4.79 Å². The Balaban J connectivity index is 1.12. The van der Waals surface area contributed by atoms with Gasteiger partial charge in [-0.15, -0.1) is 0 Å². The van der Waals surface area contributed by atoms with E-state index in [0.29, 0.717) is 25.3 Å².